The molecule has 16 heavy (non-hydrogen) atoms. The van der Waals surface area contributed by atoms with Crippen LogP contribution in [0.3, 0.4) is 0 Å². The van der Waals surface area contributed by atoms with Gasteiger partial charge in [-0.2, -0.15) is 6.42 Å². The Morgan fingerprint density at radius 2 is 1.38 bits per heavy atom. The second-order valence-corrected chi connectivity index (χ2v) is 3.25. The van der Waals surface area contributed by atoms with Crippen molar-refractivity contribution in [2.45, 2.75) is 57.9 Å². The molecule has 1 rings (SSSR count). The Hall–Kier alpha value is 0.594. The van der Waals surface area contributed by atoms with Crippen molar-refractivity contribution in [2.24, 2.45) is 5.73 Å². The first-order valence-electron chi connectivity index (χ1n) is 5.75. The first-order valence-corrected chi connectivity index (χ1v) is 5.75. The van der Waals surface area contributed by atoms with E-state index in [9.17, 15) is 0 Å². The SMILES string of the molecule is CO.CO.NC1CCCCC1.[CH2-]CCC.[Ti]. The topological polar surface area (TPSA) is 66.5 Å². The average molecular weight is 268 g/mol. The maximum Gasteiger partial charge on any atom is 0.0319 e. The number of rotatable bonds is 1. The van der Waals surface area contributed by atoms with Crippen LogP contribution in [0.15, 0.2) is 0 Å². The van der Waals surface area contributed by atoms with Gasteiger partial charge in [0, 0.05) is 42.0 Å². The van der Waals surface area contributed by atoms with Crippen molar-refractivity contribution >= 4 is 0 Å². The minimum atomic E-state index is 0. The fraction of sp³-hybridized carbons (Fsp3) is 0.917. The first-order chi connectivity index (χ1) is 7.31. The summed E-state index contributed by atoms with van der Waals surface area (Å²) in [5, 5.41) is 14.0. The first kappa shape index (κ1) is 25.4. The van der Waals surface area contributed by atoms with Crippen LogP contribution in [-0.2, 0) is 21.7 Å². The summed E-state index contributed by atoms with van der Waals surface area (Å²) in [4.78, 5) is 0. The van der Waals surface area contributed by atoms with E-state index in [2.05, 4.69) is 13.8 Å². The molecule has 0 radical (unpaired) electrons. The van der Waals surface area contributed by atoms with Crippen LogP contribution in [0.5, 0.6) is 0 Å². The summed E-state index contributed by atoms with van der Waals surface area (Å²) in [7, 11) is 2.00. The zero-order valence-corrected chi connectivity index (χ0v) is 12.8. The molecule has 1 aliphatic carbocycles. The summed E-state index contributed by atoms with van der Waals surface area (Å²) in [6.45, 7) is 5.72. The molecule has 3 nitrogen and oxygen atoms in total. The minimum absolute atomic E-state index is 0. The molecule has 0 unspecified atom stereocenters. The van der Waals surface area contributed by atoms with Gasteiger partial charge in [0.05, 0.1) is 0 Å². The maximum absolute atomic E-state index is 7.00. The van der Waals surface area contributed by atoms with E-state index in [1.54, 1.807) is 0 Å². The molecule has 1 saturated carbocycles. The van der Waals surface area contributed by atoms with E-state index in [1.165, 1.54) is 38.5 Å². The van der Waals surface area contributed by atoms with Gasteiger partial charge in [0.15, 0.2) is 0 Å². The number of aliphatic hydroxyl groups is 2. The third-order valence-corrected chi connectivity index (χ3v) is 2.00. The summed E-state index contributed by atoms with van der Waals surface area (Å²) in [5.41, 5.74) is 5.63. The van der Waals surface area contributed by atoms with Gasteiger partial charge >= 0.3 is 0 Å². The number of aliphatic hydroxyl groups excluding tert-OH is 2. The van der Waals surface area contributed by atoms with E-state index < -0.39 is 0 Å². The van der Waals surface area contributed by atoms with Gasteiger partial charge in [-0.1, -0.05) is 32.6 Å². The summed E-state index contributed by atoms with van der Waals surface area (Å²) in [6.07, 6.45) is 8.94. The zero-order valence-electron chi connectivity index (χ0n) is 11.2. The quantitative estimate of drug-likeness (QED) is 0.504. The third-order valence-electron chi connectivity index (χ3n) is 2.00. The molecular formula is C12H30NO2Ti-. The predicted octanol–water partition coefficient (Wildman–Crippen LogP) is 2.11. The standard InChI is InChI=1S/C6H13N.C4H9.2CH4O.Ti/c7-6-4-2-1-3-5-6;1-3-4-2;2*1-2;/h6H,1-5,7H2;1,3-4H2,2H3;2*2H,1H3;/q;-1;;;. The van der Waals surface area contributed by atoms with Crippen LogP contribution >= 0.6 is 0 Å². The fourth-order valence-electron chi connectivity index (χ4n) is 1.13. The van der Waals surface area contributed by atoms with Crippen molar-refractivity contribution in [3.05, 3.63) is 6.92 Å². The molecule has 0 amide bonds. The van der Waals surface area contributed by atoms with Crippen molar-refractivity contribution in [1.29, 1.82) is 0 Å². The second-order valence-electron chi connectivity index (χ2n) is 3.25. The molecule has 0 aliphatic heterocycles. The van der Waals surface area contributed by atoms with E-state index in [0.29, 0.717) is 6.04 Å². The van der Waals surface area contributed by atoms with E-state index >= 15 is 0 Å². The van der Waals surface area contributed by atoms with Gasteiger partial charge in [-0.15, -0.1) is 0 Å². The summed E-state index contributed by atoms with van der Waals surface area (Å²) >= 11 is 0. The van der Waals surface area contributed by atoms with Crippen molar-refractivity contribution < 1.29 is 31.9 Å². The van der Waals surface area contributed by atoms with Crippen LogP contribution in [0.4, 0.5) is 0 Å². The summed E-state index contributed by atoms with van der Waals surface area (Å²) in [5.74, 6) is 0. The predicted molar refractivity (Wildman–Crippen MR) is 67.6 cm³/mol. The fourth-order valence-corrected chi connectivity index (χ4v) is 1.13. The van der Waals surface area contributed by atoms with Crippen LogP contribution in [-0.4, -0.2) is 30.5 Å². The molecule has 4 heteroatoms. The Balaban J connectivity index is -0.0000000702. The Labute approximate surface area is 117 Å². The van der Waals surface area contributed by atoms with E-state index in [0.717, 1.165) is 20.6 Å². The molecule has 1 aliphatic rings. The van der Waals surface area contributed by atoms with Gasteiger partial charge < -0.3 is 22.9 Å². The Bertz CT molecular complexity index is 77.4. The molecule has 100 valence electrons. The molecule has 0 bridgehead atoms. The van der Waals surface area contributed by atoms with Gasteiger partial charge in [-0.05, 0) is 12.8 Å². The van der Waals surface area contributed by atoms with E-state index in [4.69, 9.17) is 15.9 Å². The summed E-state index contributed by atoms with van der Waals surface area (Å²) in [6, 6.07) is 0.536. The molecule has 0 aromatic heterocycles. The van der Waals surface area contributed by atoms with Crippen LogP contribution in [0.1, 0.15) is 51.9 Å². The van der Waals surface area contributed by atoms with Crippen LogP contribution < -0.4 is 5.73 Å². The largest absolute Gasteiger partial charge is 0.400 e. The molecule has 0 heterocycles. The number of nitrogens with two attached hydrogens (primary N) is 1. The smallest absolute Gasteiger partial charge is 0.0319 e. The molecule has 0 aromatic carbocycles. The second kappa shape index (κ2) is 29.6. The molecule has 0 aromatic rings. The maximum atomic E-state index is 7.00. The minimum Gasteiger partial charge on any atom is -0.400 e. The molecule has 1 fully saturated rings. The third kappa shape index (κ3) is 29.3. The van der Waals surface area contributed by atoms with Gasteiger partial charge in [0.25, 0.3) is 0 Å². The van der Waals surface area contributed by atoms with Crippen molar-refractivity contribution in [3.63, 3.8) is 0 Å². The normalized spacial score (nSPS) is 13.7. The zero-order chi connectivity index (χ0) is 12.5. The molecular weight excluding hydrogens is 238 g/mol. The molecule has 0 spiro atoms. The van der Waals surface area contributed by atoms with Gasteiger partial charge in [0.1, 0.15) is 0 Å². The van der Waals surface area contributed by atoms with Crippen molar-refractivity contribution in [1.82, 2.24) is 0 Å². The number of hydrogen-bond acceptors (Lipinski definition) is 3. The van der Waals surface area contributed by atoms with Crippen LogP contribution in [0.25, 0.3) is 0 Å². The van der Waals surface area contributed by atoms with Crippen LogP contribution in [0.2, 0.25) is 0 Å². The number of unbranched alkanes of at least 4 members (excludes halogenated alkanes) is 1. The molecule has 0 atom stereocenters. The van der Waals surface area contributed by atoms with Crippen LogP contribution in [0, 0.1) is 6.92 Å². The van der Waals surface area contributed by atoms with E-state index in [1.807, 2.05) is 0 Å². The molecule has 4 N–H and O–H groups in total. The monoisotopic (exact) mass is 268 g/mol. The average Bonchev–Trinajstić information content (AvgIpc) is 2.35. The molecule has 0 saturated heterocycles. The van der Waals surface area contributed by atoms with Gasteiger partial charge in [-0.25, -0.2) is 0 Å². The Morgan fingerprint density at radius 1 is 1.06 bits per heavy atom. The Morgan fingerprint density at radius 3 is 1.50 bits per heavy atom. The van der Waals surface area contributed by atoms with Crippen molar-refractivity contribution in [2.75, 3.05) is 14.2 Å². The van der Waals surface area contributed by atoms with Gasteiger partial charge in [0.2, 0.25) is 0 Å². The Kier molecular flexibility index (Phi) is 47.1. The summed E-state index contributed by atoms with van der Waals surface area (Å²) < 4.78 is 0. The van der Waals surface area contributed by atoms with Crippen molar-refractivity contribution in [3.8, 4) is 0 Å². The number of hydrogen-bond donors (Lipinski definition) is 3. The van der Waals surface area contributed by atoms with E-state index in [-0.39, 0.29) is 21.7 Å². The van der Waals surface area contributed by atoms with Gasteiger partial charge in [-0.3, -0.25) is 0 Å².